The molecule has 0 unspecified atom stereocenters. The predicted octanol–water partition coefficient (Wildman–Crippen LogP) is 4.95. The minimum Gasteiger partial charge on any atom is -0.457 e. The standard InChI is InChI=1S/C18H26ClO6P/c1-4-9-18(21)25-17(15-10-7-8-11-16(15)19)12-14(20)13-26(22,23-5-2)24-6-3/h7-8,10-11,17H,4-6,9,12-13H2,1-3H3/t17-/m0/s1. The van der Waals surface area contributed by atoms with Crippen molar-refractivity contribution in [3.63, 3.8) is 0 Å². The van der Waals surface area contributed by atoms with E-state index in [0.29, 0.717) is 17.0 Å². The molecule has 1 aromatic carbocycles. The first-order valence-corrected chi connectivity index (χ1v) is 10.8. The number of hydrogen-bond donors (Lipinski definition) is 0. The van der Waals surface area contributed by atoms with E-state index in [9.17, 15) is 14.2 Å². The molecule has 0 aliphatic carbocycles. The maximum Gasteiger partial charge on any atom is 0.338 e. The van der Waals surface area contributed by atoms with Crippen molar-refractivity contribution in [3.8, 4) is 0 Å². The molecule has 8 heteroatoms. The Kier molecular flexibility index (Phi) is 10.1. The van der Waals surface area contributed by atoms with Crippen molar-refractivity contribution in [1.82, 2.24) is 0 Å². The normalized spacial score (nSPS) is 12.6. The van der Waals surface area contributed by atoms with Crippen LogP contribution >= 0.6 is 19.2 Å². The Balaban J connectivity index is 2.94. The molecule has 6 nitrogen and oxygen atoms in total. The van der Waals surface area contributed by atoms with Crippen LogP contribution in [0.3, 0.4) is 0 Å². The SMILES string of the molecule is CCCC(=O)O[C@@H](CC(=O)CP(=O)(OCC)OCC)c1ccccc1Cl. The third-order valence-corrected chi connectivity index (χ3v) is 5.80. The van der Waals surface area contributed by atoms with Gasteiger partial charge in [0.05, 0.1) is 13.2 Å². The van der Waals surface area contributed by atoms with Gasteiger partial charge in [0.1, 0.15) is 18.0 Å². The number of hydrogen-bond acceptors (Lipinski definition) is 6. The number of halogens is 1. The third-order valence-electron chi connectivity index (χ3n) is 3.41. The molecule has 0 saturated heterocycles. The highest BCUT2D eigenvalue weighted by Gasteiger charge is 2.30. The van der Waals surface area contributed by atoms with E-state index >= 15 is 0 Å². The molecule has 1 atom stereocenters. The molecular weight excluding hydrogens is 379 g/mol. The van der Waals surface area contributed by atoms with Gasteiger partial charge >= 0.3 is 13.6 Å². The van der Waals surface area contributed by atoms with E-state index in [1.165, 1.54) is 0 Å². The summed E-state index contributed by atoms with van der Waals surface area (Å²) in [5.74, 6) is -0.799. The van der Waals surface area contributed by atoms with Crippen LogP contribution in [-0.2, 0) is 27.9 Å². The van der Waals surface area contributed by atoms with Gasteiger partial charge in [-0.25, -0.2) is 0 Å². The summed E-state index contributed by atoms with van der Waals surface area (Å²) in [5.41, 5.74) is 0.537. The molecule has 0 N–H and O–H groups in total. The number of ketones is 1. The summed E-state index contributed by atoms with van der Waals surface area (Å²) in [4.78, 5) is 24.4. The molecule has 0 radical (unpaired) electrons. The van der Waals surface area contributed by atoms with Crippen molar-refractivity contribution in [2.45, 2.75) is 46.1 Å². The molecule has 0 aromatic heterocycles. The van der Waals surface area contributed by atoms with Crippen molar-refractivity contribution in [2.24, 2.45) is 0 Å². The summed E-state index contributed by atoms with van der Waals surface area (Å²) in [5, 5.41) is 0.396. The zero-order chi connectivity index (χ0) is 19.6. The Labute approximate surface area is 159 Å². The van der Waals surface area contributed by atoms with E-state index in [1.54, 1.807) is 38.1 Å². The molecule has 0 fully saturated rings. The van der Waals surface area contributed by atoms with Crippen molar-refractivity contribution in [2.75, 3.05) is 19.4 Å². The minimum absolute atomic E-state index is 0.149. The van der Waals surface area contributed by atoms with Crippen LogP contribution < -0.4 is 0 Å². The highest BCUT2D eigenvalue weighted by Crippen LogP contribution is 2.48. The Morgan fingerprint density at radius 2 is 1.73 bits per heavy atom. The molecule has 0 aliphatic rings. The van der Waals surface area contributed by atoms with E-state index in [-0.39, 0.29) is 38.0 Å². The van der Waals surface area contributed by atoms with E-state index in [2.05, 4.69) is 0 Å². The van der Waals surface area contributed by atoms with Crippen LogP contribution in [0.25, 0.3) is 0 Å². The Morgan fingerprint density at radius 1 is 1.12 bits per heavy atom. The fourth-order valence-electron chi connectivity index (χ4n) is 2.38. The van der Waals surface area contributed by atoms with Gasteiger partial charge in [-0.15, -0.1) is 0 Å². The van der Waals surface area contributed by atoms with Gasteiger partial charge in [0.2, 0.25) is 0 Å². The second-order valence-electron chi connectivity index (χ2n) is 5.60. The van der Waals surface area contributed by atoms with Gasteiger partial charge in [0, 0.05) is 23.4 Å². The van der Waals surface area contributed by atoms with Crippen LogP contribution in [0.1, 0.15) is 51.7 Å². The first-order chi connectivity index (χ1) is 12.3. The van der Waals surface area contributed by atoms with Gasteiger partial charge in [0.15, 0.2) is 0 Å². The molecule has 0 bridgehead atoms. The molecule has 1 rings (SSSR count). The van der Waals surface area contributed by atoms with E-state index in [1.807, 2.05) is 6.92 Å². The average Bonchev–Trinajstić information content (AvgIpc) is 2.55. The van der Waals surface area contributed by atoms with Crippen LogP contribution in [0.15, 0.2) is 24.3 Å². The lowest BCUT2D eigenvalue weighted by Gasteiger charge is -2.21. The summed E-state index contributed by atoms with van der Waals surface area (Å²) >= 11 is 6.19. The lowest BCUT2D eigenvalue weighted by molar-refractivity contribution is -0.150. The Hall–Kier alpha value is -1.20. The zero-order valence-corrected chi connectivity index (χ0v) is 17.1. The van der Waals surface area contributed by atoms with Crippen LogP contribution in [0.4, 0.5) is 0 Å². The first kappa shape index (κ1) is 22.8. The van der Waals surface area contributed by atoms with E-state index in [0.717, 1.165) is 0 Å². The maximum absolute atomic E-state index is 12.5. The van der Waals surface area contributed by atoms with Crippen molar-refractivity contribution < 1.29 is 27.9 Å². The smallest absolute Gasteiger partial charge is 0.338 e. The molecule has 1 aromatic rings. The van der Waals surface area contributed by atoms with Crippen molar-refractivity contribution in [1.29, 1.82) is 0 Å². The van der Waals surface area contributed by atoms with Gasteiger partial charge in [0.25, 0.3) is 0 Å². The molecule has 0 spiro atoms. The fourth-order valence-corrected chi connectivity index (χ4v) is 4.24. The second-order valence-corrected chi connectivity index (χ2v) is 8.06. The lowest BCUT2D eigenvalue weighted by atomic mass is 10.0. The minimum atomic E-state index is -3.51. The highest BCUT2D eigenvalue weighted by molar-refractivity contribution is 7.54. The quantitative estimate of drug-likeness (QED) is 0.362. The number of carbonyl (C=O) groups is 2. The summed E-state index contributed by atoms with van der Waals surface area (Å²) < 4.78 is 28.3. The average molecular weight is 405 g/mol. The number of ether oxygens (including phenoxy) is 1. The molecule has 0 heterocycles. The van der Waals surface area contributed by atoms with E-state index < -0.39 is 19.7 Å². The fraction of sp³-hybridized carbons (Fsp3) is 0.556. The molecule has 146 valence electrons. The van der Waals surface area contributed by atoms with Gasteiger partial charge in [-0.2, -0.15) is 0 Å². The zero-order valence-electron chi connectivity index (χ0n) is 15.4. The highest BCUT2D eigenvalue weighted by atomic mass is 35.5. The number of Topliss-reactive ketones (excluding diaryl/α,β-unsaturated/α-hetero) is 1. The summed E-state index contributed by atoms with van der Waals surface area (Å²) in [6.45, 7) is 5.55. The molecule has 0 aliphatic heterocycles. The van der Waals surface area contributed by atoms with Crippen molar-refractivity contribution in [3.05, 3.63) is 34.9 Å². The van der Waals surface area contributed by atoms with Crippen LogP contribution in [0.2, 0.25) is 5.02 Å². The predicted molar refractivity (Wildman–Crippen MR) is 101 cm³/mol. The Bertz CT molecular complexity index is 638. The van der Waals surface area contributed by atoms with Gasteiger partial charge < -0.3 is 13.8 Å². The number of carbonyl (C=O) groups excluding carboxylic acids is 2. The van der Waals surface area contributed by atoms with Crippen LogP contribution in [-0.4, -0.2) is 31.1 Å². The first-order valence-electron chi connectivity index (χ1n) is 8.68. The van der Waals surface area contributed by atoms with E-state index in [4.69, 9.17) is 25.4 Å². The summed E-state index contributed by atoms with van der Waals surface area (Å²) in [6.07, 6.45) is -0.492. The van der Waals surface area contributed by atoms with Gasteiger partial charge in [-0.3, -0.25) is 14.2 Å². The van der Waals surface area contributed by atoms with Crippen LogP contribution in [0, 0.1) is 0 Å². The molecule has 26 heavy (non-hydrogen) atoms. The molecular formula is C18H26ClO6P. The number of rotatable bonds is 12. The maximum atomic E-state index is 12.5. The van der Waals surface area contributed by atoms with Gasteiger partial charge in [-0.05, 0) is 26.3 Å². The molecule has 0 saturated carbocycles. The monoisotopic (exact) mass is 404 g/mol. The lowest BCUT2D eigenvalue weighted by Crippen LogP contribution is -2.18. The van der Waals surface area contributed by atoms with Crippen molar-refractivity contribution >= 4 is 30.9 Å². The largest absolute Gasteiger partial charge is 0.457 e. The Morgan fingerprint density at radius 3 is 2.27 bits per heavy atom. The molecule has 0 amide bonds. The van der Waals surface area contributed by atoms with Crippen LogP contribution in [0.5, 0.6) is 0 Å². The number of esters is 1. The topological polar surface area (TPSA) is 78.9 Å². The number of benzene rings is 1. The summed E-state index contributed by atoms with van der Waals surface area (Å²) in [7, 11) is -3.51. The van der Waals surface area contributed by atoms with Gasteiger partial charge in [-0.1, -0.05) is 36.7 Å². The summed E-state index contributed by atoms with van der Waals surface area (Å²) in [6, 6.07) is 6.85. The second kappa shape index (κ2) is 11.5. The third kappa shape index (κ3) is 7.58.